The molecule has 2 aromatic heterocycles. The quantitative estimate of drug-likeness (QED) is 0.713. The molecule has 0 aliphatic carbocycles. The minimum atomic E-state index is -0.0576. The molecule has 2 atom stereocenters. The third kappa shape index (κ3) is 2.95. The standard InChI is InChI=1S/C20H19N5O2/c26-19(17-9-18(27-23-17)14-5-2-1-3-6-14)24-10-15-12-25(13-16(15)11-24)20-21-7-4-8-22-20/h1-9,15-16H,10-13H2. The van der Waals surface area contributed by atoms with Crippen LogP contribution in [0.1, 0.15) is 10.5 Å². The summed E-state index contributed by atoms with van der Waals surface area (Å²) in [5, 5.41) is 4.00. The van der Waals surface area contributed by atoms with Crippen LogP contribution in [0.3, 0.4) is 0 Å². The number of rotatable bonds is 3. The molecule has 0 radical (unpaired) electrons. The van der Waals surface area contributed by atoms with Crippen LogP contribution in [0, 0.1) is 11.8 Å². The first-order valence-corrected chi connectivity index (χ1v) is 9.11. The Labute approximate surface area is 156 Å². The molecule has 3 aromatic rings. The summed E-state index contributed by atoms with van der Waals surface area (Å²) in [7, 11) is 0. The molecule has 2 saturated heterocycles. The molecule has 7 nitrogen and oxygen atoms in total. The van der Waals surface area contributed by atoms with Crippen molar-refractivity contribution in [1.82, 2.24) is 20.0 Å². The van der Waals surface area contributed by atoms with Gasteiger partial charge in [0.1, 0.15) is 0 Å². The van der Waals surface area contributed by atoms with Gasteiger partial charge in [-0.3, -0.25) is 4.79 Å². The minimum Gasteiger partial charge on any atom is -0.355 e. The number of hydrogen-bond acceptors (Lipinski definition) is 6. The first-order chi connectivity index (χ1) is 13.3. The number of amides is 1. The zero-order chi connectivity index (χ0) is 18.2. The monoisotopic (exact) mass is 361 g/mol. The smallest absolute Gasteiger partial charge is 0.276 e. The third-order valence-corrected chi connectivity index (χ3v) is 5.40. The largest absolute Gasteiger partial charge is 0.355 e. The van der Waals surface area contributed by atoms with Crippen molar-refractivity contribution in [3.05, 3.63) is 60.6 Å². The lowest BCUT2D eigenvalue weighted by Gasteiger charge is -2.20. The maximum absolute atomic E-state index is 12.8. The van der Waals surface area contributed by atoms with Gasteiger partial charge in [-0.2, -0.15) is 0 Å². The Balaban J connectivity index is 1.26. The number of carbonyl (C=O) groups excluding carboxylic acids is 1. The third-order valence-electron chi connectivity index (χ3n) is 5.40. The minimum absolute atomic E-state index is 0.0576. The fourth-order valence-electron chi connectivity index (χ4n) is 4.05. The maximum Gasteiger partial charge on any atom is 0.276 e. The fourth-order valence-corrected chi connectivity index (χ4v) is 4.05. The van der Waals surface area contributed by atoms with E-state index in [0.29, 0.717) is 23.3 Å². The molecule has 2 fully saturated rings. The molecule has 7 heteroatoms. The number of anilines is 1. The summed E-state index contributed by atoms with van der Waals surface area (Å²) in [6.45, 7) is 3.24. The van der Waals surface area contributed by atoms with Crippen molar-refractivity contribution < 1.29 is 9.32 Å². The lowest BCUT2D eigenvalue weighted by atomic mass is 10.0. The van der Waals surface area contributed by atoms with Gasteiger partial charge in [0.25, 0.3) is 5.91 Å². The number of likely N-dealkylation sites (tertiary alicyclic amines) is 1. The van der Waals surface area contributed by atoms with E-state index >= 15 is 0 Å². The Bertz CT molecular complexity index is 929. The van der Waals surface area contributed by atoms with Gasteiger partial charge in [-0.25, -0.2) is 9.97 Å². The SMILES string of the molecule is O=C(c1cc(-c2ccccc2)on1)N1CC2CN(c3ncccn3)CC2C1. The summed E-state index contributed by atoms with van der Waals surface area (Å²) >= 11 is 0. The van der Waals surface area contributed by atoms with Crippen LogP contribution in [-0.2, 0) is 0 Å². The Morgan fingerprint density at radius 3 is 2.37 bits per heavy atom. The van der Waals surface area contributed by atoms with Crippen LogP contribution >= 0.6 is 0 Å². The van der Waals surface area contributed by atoms with Crippen LogP contribution in [0.15, 0.2) is 59.4 Å². The van der Waals surface area contributed by atoms with E-state index in [1.165, 1.54) is 0 Å². The van der Waals surface area contributed by atoms with Crippen molar-refractivity contribution in [2.24, 2.45) is 11.8 Å². The van der Waals surface area contributed by atoms with Crippen molar-refractivity contribution in [3.8, 4) is 11.3 Å². The van der Waals surface area contributed by atoms with E-state index in [1.54, 1.807) is 18.5 Å². The number of benzene rings is 1. The molecule has 4 heterocycles. The van der Waals surface area contributed by atoms with E-state index in [4.69, 9.17) is 4.52 Å². The van der Waals surface area contributed by atoms with Crippen molar-refractivity contribution in [3.63, 3.8) is 0 Å². The molecular formula is C20H19N5O2. The van der Waals surface area contributed by atoms with Gasteiger partial charge in [0.2, 0.25) is 5.95 Å². The van der Waals surface area contributed by atoms with Crippen molar-refractivity contribution in [2.75, 3.05) is 31.1 Å². The molecule has 1 amide bonds. The van der Waals surface area contributed by atoms with Crippen LogP contribution in [0.25, 0.3) is 11.3 Å². The highest BCUT2D eigenvalue weighted by Crippen LogP contribution is 2.33. The molecule has 0 saturated carbocycles. The van der Waals surface area contributed by atoms with Crippen LogP contribution in [0.4, 0.5) is 5.95 Å². The highest BCUT2D eigenvalue weighted by molar-refractivity contribution is 5.93. The molecule has 0 spiro atoms. The Hall–Kier alpha value is -3.22. The number of carbonyl (C=O) groups is 1. The molecule has 1 aromatic carbocycles. The normalized spacial score (nSPS) is 21.5. The number of aromatic nitrogens is 3. The van der Waals surface area contributed by atoms with Gasteiger partial charge in [0.15, 0.2) is 11.5 Å². The van der Waals surface area contributed by atoms with Gasteiger partial charge in [0, 0.05) is 62.0 Å². The summed E-state index contributed by atoms with van der Waals surface area (Å²) in [4.78, 5) is 25.6. The van der Waals surface area contributed by atoms with Gasteiger partial charge in [-0.15, -0.1) is 0 Å². The average Bonchev–Trinajstić information content (AvgIpc) is 3.43. The summed E-state index contributed by atoms with van der Waals surface area (Å²) in [6.07, 6.45) is 3.53. The number of fused-ring (bicyclic) bond motifs is 1. The molecule has 2 unspecified atom stereocenters. The van der Waals surface area contributed by atoms with E-state index in [2.05, 4.69) is 20.0 Å². The molecule has 5 rings (SSSR count). The topological polar surface area (TPSA) is 75.4 Å². The highest BCUT2D eigenvalue weighted by atomic mass is 16.5. The van der Waals surface area contributed by atoms with Gasteiger partial charge in [0.05, 0.1) is 0 Å². The molecule has 136 valence electrons. The lowest BCUT2D eigenvalue weighted by Crippen LogP contribution is -2.33. The average molecular weight is 361 g/mol. The van der Waals surface area contributed by atoms with Crippen LogP contribution in [-0.4, -0.2) is 52.1 Å². The lowest BCUT2D eigenvalue weighted by molar-refractivity contribution is 0.0772. The van der Waals surface area contributed by atoms with Gasteiger partial charge < -0.3 is 14.3 Å². The maximum atomic E-state index is 12.8. The second-order valence-corrected chi connectivity index (χ2v) is 7.13. The number of hydrogen-bond donors (Lipinski definition) is 0. The summed E-state index contributed by atoms with van der Waals surface area (Å²) in [5.41, 5.74) is 1.29. The Morgan fingerprint density at radius 1 is 0.963 bits per heavy atom. The molecule has 0 bridgehead atoms. The van der Waals surface area contributed by atoms with Crippen molar-refractivity contribution in [2.45, 2.75) is 0 Å². The van der Waals surface area contributed by atoms with E-state index < -0.39 is 0 Å². The first-order valence-electron chi connectivity index (χ1n) is 9.11. The second-order valence-electron chi connectivity index (χ2n) is 7.13. The second kappa shape index (κ2) is 6.50. The Kier molecular flexibility index (Phi) is 3.85. The van der Waals surface area contributed by atoms with E-state index in [1.807, 2.05) is 41.3 Å². The zero-order valence-corrected chi connectivity index (χ0v) is 14.7. The zero-order valence-electron chi connectivity index (χ0n) is 14.7. The molecule has 27 heavy (non-hydrogen) atoms. The van der Waals surface area contributed by atoms with Crippen molar-refractivity contribution in [1.29, 1.82) is 0 Å². The van der Waals surface area contributed by atoms with Crippen LogP contribution in [0.2, 0.25) is 0 Å². The number of nitrogens with zero attached hydrogens (tertiary/aromatic N) is 5. The Morgan fingerprint density at radius 2 is 1.67 bits per heavy atom. The van der Waals surface area contributed by atoms with Crippen LogP contribution in [0.5, 0.6) is 0 Å². The van der Waals surface area contributed by atoms with Gasteiger partial charge in [-0.05, 0) is 6.07 Å². The fraction of sp³-hybridized carbons (Fsp3) is 0.300. The van der Waals surface area contributed by atoms with Gasteiger partial charge >= 0.3 is 0 Å². The summed E-state index contributed by atoms with van der Waals surface area (Å²) < 4.78 is 5.38. The van der Waals surface area contributed by atoms with Gasteiger partial charge in [-0.1, -0.05) is 35.5 Å². The summed E-state index contributed by atoms with van der Waals surface area (Å²) in [5.74, 6) is 2.22. The van der Waals surface area contributed by atoms with Crippen molar-refractivity contribution >= 4 is 11.9 Å². The van der Waals surface area contributed by atoms with E-state index in [9.17, 15) is 4.79 Å². The van der Waals surface area contributed by atoms with Crippen LogP contribution < -0.4 is 4.90 Å². The summed E-state index contributed by atoms with van der Waals surface area (Å²) in [6, 6.07) is 13.2. The predicted molar refractivity (Wildman–Crippen MR) is 99.1 cm³/mol. The first kappa shape index (κ1) is 16.0. The molecule has 2 aliphatic heterocycles. The molecule has 0 N–H and O–H groups in total. The van der Waals surface area contributed by atoms with E-state index in [0.717, 1.165) is 37.7 Å². The molecular weight excluding hydrogens is 342 g/mol. The molecule has 2 aliphatic rings. The predicted octanol–water partition coefficient (Wildman–Crippen LogP) is 2.34. The van der Waals surface area contributed by atoms with E-state index in [-0.39, 0.29) is 5.91 Å². The highest BCUT2D eigenvalue weighted by Gasteiger charge is 2.42.